The molecule has 0 atom stereocenters. The Hall–Kier alpha value is -1.48. The summed E-state index contributed by atoms with van der Waals surface area (Å²) in [6, 6.07) is 8.90. The van der Waals surface area contributed by atoms with Crippen LogP contribution in [0.5, 0.6) is 5.75 Å². The van der Waals surface area contributed by atoms with Gasteiger partial charge in [-0.3, -0.25) is 19.6 Å². The number of nitrogens with one attached hydrogen (secondary N) is 2. The van der Waals surface area contributed by atoms with Crippen molar-refractivity contribution in [2.45, 2.75) is 19.6 Å². The molecule has 0 radical (unpaired) electrons. The van der Waals surface area contributed by atoms with Crippen LogP contribution < -0.4 is 145 Å². The van der Waals surface area contributed by atoms with Crippen LogP contribution in [-0.2, 0) is 53.0 Å². The number of halogens is 1. The van der Waals surface area contributed by atoms with Gasteiger partial charge in [0.15, 0.2) is 34.1 Å². The van der Waals surface area contributed by atoms with Crippen LogP contribution in [0.2, 0.25) is 5.28 Å². The van der Waals surface area contributed by atoms with E-state index in [4.69, 9.17) is 22.6 Å². The van der Waals surface area contributed by atoms with Crippen molar-refractivity contribution < 1.29 is 191 Å². The Kier molecular flexibility index (Phi) is 26.2. The van der Waals surface area contributed by atoms with Crippen LogP contribution in [0, 0.1) is 11.5 Å². The smallest absolute Gasteiger partial charge is 0.744 e. The number of phenols is 1. The summed E-state index contributed by atoms with van der Waals surface area (Å²) in [7, 11) is -14.9. The molecule has 5 aromatic rings. The van der Waals surface area contributed by atoms with Crippen LogP contribution in [0.15, 0.2) is 94.6 Å². The standard InChI is InChI=1S/C28H22ClN11O16S5.4Na/c29-26-34-27(32-12-30)36-28(35-26)33-13-1-6-21(60(46,47)48)19(9-13)38-40-24-20(57-55-53-42)11-16-15(25(24)41)3-4-17(31)23(16)39-37-18-5-2-14(10-22(18)61(49,50)51)59(44,45)8-7-52-58-56-54-43;;;;/h1-6,9-11,41-43H,7-8,31H2,(H,46,47,48)(H,49,50,51)(H2,32,33,34,35,36);;;;/q;4*+1/p-4. The number of azo groups is 2. The van der Waals surface area contributed by atoms with Gasteiger partial charge in [0, 0.05) is 16.5 Å². The van der Waals surface area contributed by atoms with E-state index in [0.717, 1.165) is 36.4 Å². The van der Waals surface area contributed by atoms with E-state index in [-0.39, 0.29) is 193 Å². The van der Waals surface area contributed by atoms with Gasteiger partial charge in [0.05, 0.1) is 49.7 Å². The molecule has 0 aliphatic heterocycles. The fourth-order valence-corrected chi connectivity index (χ4v) is 8.15. The number of nitriles is 1. The largest absolute Gasteiger partial charge is 1.00 e. The third-order valence-corrected chi connectivity index (χ3v) is 11.8. The molecular formula is C28H18ClN11Na4O16S5. The molecule has 0 amide bonds. The van der Waals surface area contributed by atoms with Crippen LogP contribution in [0.3, 0.4) is 0 Å². The van der Waals surface area contributed by atoms with Gasteiger partial charge in [-0.15, -0.1) is 24.8 Å². The number of aromatic nitrogens is 3. The molecule has 37 heteroatoms. The molecule has 0 fully saturated rings. The molecule has 0 unspecified atom stereocenters. The van der Waals surface area contributed by atoms with Gasteiger partial charge < -0.3 is 35.8 Å². The van der Waals surface area contributed by atoms with E-state index in [1.807, 2.05) is 0 Å². The van der Waals surface area contributed by atoms with Gasteiger partial charge in [0.25, 0.3) is 0 Å². The molecule has 0 saturated heterocycles. The Morgan fingerprint density at radius 1 is 0.785 bits per heavy atom. The number of hydrogen-bond acceptors (Lipinski definition) is 29. The minimum Gasteiger partial charge on any atom is -0.744 e. The number of nitrogen functional groups attached to an aromatic ring is 1. The zero-order valence-electron chi connectivity index (χ0n) is 33.3. The average molecular weight is 1050 g/mol. The minimum absolute atomic E-state index is 0. The van der Waals surface area contributed by atoms with Crippen molar-refractivity contribution in [1.29, 1.82) is 5.26 Å². The molecule has 5 rings (SSSR count). The number of phenolic OH excluding ortho intramolecular Hbond substituents is 1. The monoisotopic (exact) mass is 1050 g/mol. The van der Waals surface area contributed by atoms with Gasteiger partial charge in [-0.1, -0.05) is 0 Å². The first-order valence-corrected chi connectivity index (χ1v) is 21.7. The van der Waals surface area contributed by atoms with E-state index < -0.39 is 79.9 Å². The van der Waals surface area contributed by atoms with Crippen molar-refractivity contribution in [2.75, 3.05) is 28.7 Å². The van der Waals surface area contributed by atoms with Gasteiger partial charge in [-0.25, -0.2) is 25.3 Å². The van der Waals surface area contributed by atoms with Crippen LogP contribution in [0.25, 0.3) is 10.8 Å². The summed E-state index contributed by atoms with van der Waals surface area (Å²) in [5.41, 5.74) is 3.91. The summed E-state index contributed by atoms with van der Waals surface area (Å²) in [4.78, 5) is 8.49. The fourth-order valence-electron chi connectivity index (χ4n) is 4.77. The Labute approximate surface area is 468 Å². The van der Waals surface area contributed by atoms with Crippen molar-refractivity contribution in [3.63, 3.8) is 0 Å². The van der Waals surface area contributed by atoms with Crippen molar-refractivity contribution in [3.05, 3.63) is 59.9 Å². The molecule has 5 N–H and O–H groups in total. The normalized spacial score (nSPS) is 11.6. The minimum atomic E-state index is -5.42. The van der Waals surface area contributed by atoms with Crippen molar-refractivity contribution in [1.82, 2.24) is 15.0 Å². The summed E-state index contributed by atoms with van der Waals surface area (Å²) in [5.74, 6) is -2.00. The molecule has 65 heavy (non-hydrogen) atoms. The fraction of sp³-hybridized carbons (Fsp3) is 0.0714. The number of sulfone groups is 1. The second-order valence-electron chi connectivity index (χ2n) is 11.0. The van der Waals surface area contributed by atoms with Gasteiger partial charge >= 0.3 is 118 Å². The summed E-state index contributed by atoms with van der Waals surface area (Å²) < 4.78 is 112. The third kappa shape index (κ3) is 16.9. The van der Waals surface area contributed by atoms with E-state index in [1.54, 1.807) is 6.19 Å². The number of aromatic hydroxyl groups is 1. The number of nitrogens with two attached hydrogens (primary N) is 1. The maximum Gasteiger partial charge on any atom is 1.00 e. The van der Waals surface area contributed by atoms with E-state index in [9.17, 15) is 50.0 Å². The first-order valence-electron chi connectivity index (χ1n) is 15.4. The molecule has 1 heterocycles. The molecule has 1 aromatic heterocycles. The third-order valence-electron chi connectivity index (χ3n) is 7.26. The molecule has 322 valence electrons. The van der Waals surface area contributed by atoms with Crippen molar-refractivity contribution in [2.24, 2.45) is 20.5 Å². The van der Waals surface area contributed by atoms with Crippen LogP contribution >= 0.6 is 36.0 Å². The predicted octanol–water partition coefficient (Wildman–Crippen LogP) is -8.93. The number of anilines is 4. The van der Waals surface area contributed by atoms with Crippen LogP contribution in [0.1, 0.15) is 0 Å². The van der Waals surface area contributed by atoms with E-state index in [0.29, 0.717) is 6.07 Å². The second kappa shape index (κ2) is 27.6. The first-order chi connectivity index (χ1) is 28.9. The van der Waals surface area contributed by atoms with Gasteiger partial charge in [0.2, 0.25) is 17.2 Å². The van der Waals surface area contributed by atoms with E-state index in [2.05, 4.69) is 69.0 Å². The summed E-state index contributed by atoms with van der Waals surface area (Å²) in [6.45, 7) is -0.558. The number of rotatable bonds is 19. The second-order valence-corrected chi connectivity index (χ2v) is 17.4. The Morgan fingerprint density at radius 2 is 1.43 bits per heavy atom. The number of hydrogen-bond donors (Lipinski definition) is 4. The molecule has 0 aliphatic carbocycles. The predicted molar refractivity (Wildman–Crippen MR) is 200 cm³/mol. The van der Waals surface area contributed by atoms with Gasteiger partial charge in [-0.05, 0) is 66.2 Å². The average Bonchev–Trinajstić information content (AvgIpc) is 3.18. The molecule has 27 nitrogen and oxygen atoms in total. The molecule has 0 spiro atoms. The summed E-state index contributed by atoms with van der Waals surface area (Å²) in [5, 5.41) is 67.1. The SMILES string of the molecule is N#CNc1nc(Cl)nc(Nc2ccc(S(=O)(=O)[O-])c(N=Nc3c(SOO[O-])cc4c(N=Nc5ccc(S(=O)(=O)CCOSOO[O-])cc5S(=O)(=O)[O-])c(N)ccc4c3O)c2)n1.[Na+].[Na+].[Na+].[Na+]. The first kappa shape index (κ1) is 61.5. The van der Waals surface area contributed by atoms with Crippen molar-refractivity contribution >= 4 is 123 Å². The van der Waals surface area contributed by atoms with Crippen LogP contribution in [-0.4, -0.2) is 66.8 Å². The van der Waals surface area contributed by atoms with E-state index in [1.165, 1.54) is 12.1 Å². The number of benzene rings is 4. The topological polar surface area (TPSA) is 423 Å². The Bertz CT molecular complexity index is 2950. The molecule has 0 aliphatic rings. The number of fused-ring (bicyclic) bond motifs is 1. The summed E-state index contributed by atoms with van der Waals surface area (Å²) in [6.07, 6.45) is 1.59. The van der Waals surface area contributed by atoms with E-state index >= 15 is 0 Å². The van der Waals surface area contributed by atoms with Gasteiger partial charge in [0.1, 0.15) is 43.0 Å². The molecule has 4 aromatic carbocycles. The zero-order valence-corrected chi connectivity index (χ0v) is 46.1. The van der Waals surface area contributed by atoms with Crippen molar-refractivity contribution in [3.8, 4) is 11.9 Å². The van der Waals surface area contributed by atoms with Crippen LogP contribution in [0.4, 0.5) is 46.0 Å². The Balaban J connectivity index is 0.00000528. The Morgan fingerprint density at radius 3 is 2.08 bits per heavy atom. The summed E-state index contributed by atoms with van der Waals surface area (Å²) >= 11 is 6.05. The quantitative estimate of drug-likeness (QED) is 0.00570. The molecule has 0 bridgehead atoms. The molecular weight excluding hydrogens is 1030 g/mol. The zero-order chi connectivity index (χ0) is 44.5. The number of nitrogens with zero attached hydrogens (tertiary/aromatic N) is 8. The van der Waals surface area contributed by atoms with Gasteiger partial charge in [-0.2, -0.15) is 24.5 Å². The molecule has 0 saturated carbocycles. The maximum absolute atomic E-state index is 12.8. The maximum atomic E-state index is 12.8.